The predicted octanol–water partition coefficient (Wildman–Crippen LogP) is 4.08. The molecule has 0 heterocycles. The molecular formula is C9H4F5NS. The number of hydrogen-bond donors (Lipinski definition) is 0. The minimum Gasteiger partial charge on any atom is -0.195 e. The first-order chi connectivity index (χ1) is 7.29. The molecule has 86 valence electrons. The van der Waals surface area contributed by atoms with Crippen molar-refractivity contribution in [1.29, 1.82) is 0 Å². The minimum absolute atomic E-state index is 0.164. The van der Waals surface area contributed by atoms with Gasteiger partial charge in [0.05, 0.1) is 10.8 Å². The van der Waals surface area contributed by atoms with Crippen LogP contribution in [0.5, 0.6) is 0 Å². The number of halogens is 5. The van der Waals surface area contributed by atoms with Gasteiger partial charge in [0.15, 0.2) is 0 Å². The second-order valence-corrected chi connectivity index (χ2v) is 3.00. The zero-order chi connectivity index (χ0) is 12.4. The molecule has 1 rings (SSSR count). The van der Waals surface area contributed by atoms with E-state index in [1.54, 1.807) is 0 Å². The third-order valence-electron chi connectivity index (χ3n) is 1.76. The normalized spacial score (nSPS) is 12.1. The van der Waals surface area contributed by atoms with Gasteiger partial charge in [-0.1, -0.05) is 12.1 Å². The maximum absolute atomic E-state index is 12.8. The summed E-state index contributed by atoms with van der Waals surface area (Å²) in [6.45, 7) is 0. The fourth-order valence-corrected chi connectivity index (χ4v) is 1.07. The summed E-state index contributed by atoms with van der Waals surface area (Å²) in [7, 11) is 0. The number of thiocarbonyl (C=S) groups is 1. The van der Waals surface area contributed by atoms with Crippen molar-refractivity contribution in [3.05, 3.63) is 29.8 Å². The molecule has 0 saturated heterocycles. The van der Waals surface area contributed by atoms with Crippen LogP contribution in [-0.4, -0.2) is 11.3 Å². The Morgan fingerprint density at radius 2 is 1.50 bits per heavy atom. The van der Waals surface area contributed by atoms with Crippen molar-refractivity contribution in [2.45, 2.75) is 12.1 Å². The lowest BCUT2D eigenvalue weighted by Crippen LogP contribution is -2.33. The van der Waals surface area contributed by atoms with Crippen molar-refractivity contribution >= 4 is 23.1 Å². The van der Waals surface area contributed by atoms with Gasteiger partial charge >= 0.3 is 12.1 Å². The molecule has 1 aromatic rings. The molecule has 0 amide bonds. The highest BCUT2D eigenvalue weighted by atomic mass is 32.1. The highest BCUT2D eigenvalue weighted by Gasteiger charge is 2.58. The zero-order valence-corrected chi connectivity index (χ0v) is 8.37. The van der Waals surface area contributed by atoms with E-state index in [-0.39, 0.29) is 5.69 Å². The monoisotopic (exact) mass is 253 g/mol. The maximum atomic E-state index is 12.8. The molecule has 0 fully saturated rings. The van der Waals surface area contributed by atoms with Gasteiger partial charge in [-0.2, -0.15) is 26.9 Å². The van der Waals surface area contributed by atoms with Crippen molar-refractivity contribution < 1.29 is 22.0 Å². The highest BCUT2D eigenvalue weighted by molar-refractivity contribution is 7.78. The van der Waals surface area contributed by atoms with E-state index >= 15 is 0 Å². The summed E-state index contributed by atoms with van der Waals surface area (Å²) in [5.74, 6) is -4.87. The van der Waals surface area contributed by atoms with E-state index < -0.39 is 17.7 Å². The number of hydrogen-bond acceptors (Lipinski definition) is 2. The van der Waals surface area contributed by atoms with Crippen LogP contribution in [0, 0.1) is 0 Å². The largest absolute Gasteiger partial charge is 0.458 e. The van der Waals surface area contributed by atoms with E-state index in [1.165, 1.54) is 0 Å². The van der Waals surface area contributed by atoms with Gasteiger partial charge in [-0.3, -0.25) is 0 Å². The first-order valence-corrected chi connectivity index (χ1v) is 4.33. The molecule has 16 heavy (non-hydrogen) atoms. The second-order valence-electron chi connectivity index (χ2n) is 2.82. The first-order valence-electron chi connectivity index (χ1n) is 3.92. The predicted molar refractivity (Wildman–Crippen MR) is 51.1 cm³/mol. The van der Waals surface area contributed by atoms with Crippen LogP contribution >= 0.6 is 12.2 Å². The lowest BCUT2D eigenvalue weighted by atomic mass is 10.1. The van der Waals surface area contributed by atoms with Crippen molar-refractivity contribution in [1.82, 2.24) is 0 Å². The van der Waals surface area contributed by atoms with Gasteiger partial charge in [0.2, 0.25) is 0 Å². The number of aliphatic imine (C=N–C) groups is 1. The third kappa shape index (κ3) is 2.43. The topological polar surface area (TPSA) is 12.4 Å². The smallest absolute Gasteiger partial charge is 0.195 e. The number of isothiocyanates is 1. The minimum atomic E-state index is -5.61. The van der Waals surface area contributed by atoms with Gasteiger partial charge in [-0.05, 0) is 24.4 Å². The van der Waals surface area contributed by atoms with E-state index in [4.69, 9.17) is 0 Å². The van der Waals surface area contributed by atoms with Gasteiger partial charge < -0.3 is 0 Å². The number of alkyl halides is 5. The molecule has 0 aromatic heterocycles. The van der Waals surface area contributed by atoms with E-state index in [0.717, 1.165) is 12.1 Å². The standard InChI is InChI=1S/C9H4F5NS/c10-8(11,9(12,13)14)6-1-3-7(4-2-6)15-5-16/h1-4H. The van der Waals surface area contributed by atoms with Crippen LogP contribution in [0.3, 0.4) is 0 Å². The SMILES string of the molecule is FC(F)(F)C(F)(F)c1ccc(N=C=S)cc1. The van der Waals surface area contributed by atoms with Crippen LogP contribution in [0.25, 0.3) is 0 Å². The van der Waals surface area contributed by atoms with Crippen LogP contribution in [0.2, 0.25) is 0 Å². The summed E-state index contributed by atoms with van der Waals surface area (Å²) in [5, 5.41) is 1.97. The lowest BCUT2D eigenvalue weighted by Gasteiger charge is -2.19. The van der Waals surface area contributed by atoms with E-state index in [1.807, 2.05) is 5.16 Å². The van der Waals surface area contributed by atoms with Crippen LogP contribution in [-0.2, 0) is 5.92 Å². The molecule has 0 aliphatic rings. The fraction of sp³-hybridized carbons (Fsp3) is 0.222. The van der Waals surface area contributed by atoms with Crippen molar-refractivity contribution in [2.75, 3.05) is 0 Å². The molecule has 0 N–H and O–H groups in total. The number of rotatable bonds is 2. The average Bonchev–Trinajstić information content (AvgIpc) is 2.17. The molecule has 1 nitrogen and oxygen atoms in total. The van der Waals surface area contributed by atoms with Crippen molar-refractivity contribution in [3.63, 3.8) is 0 Å². The zero-order valence-electron chi connectivity index (χ0n) is 7.55. The molecule has 7 heteroatoms. The van der Waals surface area contributed by atoms with Crippen LogP contribution in [0.1, 0.15) is 5.56 Å². The Morgan fingerprint density at radius 3 is 1.88 bits per heavy atom. The Kier molecular flexibility index (Phi) is 3.40. The van der Waals surface area contributed by atoms with Gasteiger partial charge in [0, 0.05) is 5.56 Å². The second kappa shape index (κ2) is 4.27. The Morgan fingerprint density at radius 1 is 1.00 bits per heavy atom. The van der Waals surface area contributed by atoms with E-state index in [2.05, 4.69) is 17.2 Å². The van der Waals surface area contributed by atoms with Gasteiger partial charge in [-0.25, -0.2) is 0 Å². The first kappa shape index (κ1) is 12.7. The van der Waals surface area contributed by atoms with Crippen molar-refractivity contribution in [2.24, 2.45) is 4.99 Å². The summed E-state index contributed by atoms with van der Waals surface area (Å²) < 4.78 is 61.5. The molecule has 0 bridgehead atoms. The molecule has 0 unspecified atom stereocenters. The Labute approximate surface area is 92.6 Å². The van der Waals surface area contributed by atoms with E-state index in [9.17, 15) is 22.0 Å². The Bertz CT molecular complexity index is 417. The quantitative estimate of drug-likeness (QED) is 0.439. The molecule has 0 aliphatic heterocycles. The van der Waals surface area contributed by atoms with Gasteiger partial charge in [0.1, 0.15) is 0 Å². The van der Waals surface area contributed by atoms with E-state index in [0.29, 0.717) is 12.1 Å². The van der Waals surface area contributed by atoms with Gasteiger partial charge in [0.25, 0.3) is 0 Å². The maximum Gasteiger partial charge on any atom is 0.458 e. The molecule has 0 aliphatic carbocycles. The lowest BCUT2D eigenvalue weighted by molar-refractivity contribution is -0.289. The summed E-state index contributed by atoms with van der Waals surface area (Å²) in [4.78, 5) is 3.43. The highest BCUT2D eigenvalue weighted by Crippen LogP contribution is 2.43. The average molecular weight is 253 g/mol. The van der Waals surface area contributed by atoms with Gasteiger partial charge in [-0.15, -0.1) is 0 Å². The molecule has 0 saturated carbocycles. The Hall–Kier alpha value is -1.33. The van der Waals surface area contributed by atoms with Crippen LogP contribution in [0.4, 0.5) is 27.6 Å². The summed E-state index contributed by atoms with van der Waals surface area (Å²) in [6.07, 6.45) is -5.61. The molecule has 0 atom stereocenters. The molecular weight excluding hydrogens is 249 g/mol. The molecule has 0 spiro atoms. The molecule has 0 radical (unpaired) electrons. The number of benzene rings is 1. The van der Waals surface area contributed by atoms with Crippen molar-refractivity contribution in [3.8, 4) is 0 Å². The fourth-order valence-electron chi connectivity index (χ4n) is 0.962. The summed E-state index contributed by atoms with van der Waals surface area (Å²) in [5.41, 5.74) is -0.972. The molecule has 1 aromatic carbocycles. The summed E-state index contributed by atoms with van der Waals surface area (Å²) in [6, 6.07) is 3.32. The third-order valence-corrected chi connectivity index (χ3v) is 1.85. The summed E-state index contributed by atoms with van der Waals surface area (Å²) >= 11 is 4.25. The van der Waals surface area contributed by atoms with Crippen LogP contribution < -0.4 is 0 Å². The van der Waals surface area contributed by atoms with Crippen LogP contribution in [0.15, 0.2) is 29.3 Å². The number of nitrogens with zero attached hydrogens (tertiary/aromatic N) is 1. The Balaban J connectivity index is 3.11.